The second-order valence-corrected chi connectivity index (χ2v) is 2.92. The van der Waals surface area contributed by atoms with Gasteiger partial charge in [-0.15, -0.1) is 5.10 Å². The van der Waals surface area contributed by atoms with Crippen LogP contribution in [0.4, 0.5) is 0 Å². The Bertz CT molecular complexity index is 305. The molecule has 2 heterocycles. The van der Waals surface area contributed by atoms with Crippen LogP contribution in [0.2, 0.25) is 0 Å². The summed E-state index contributed by atoms with van der Waals surface area (Å²) in [5.74, 6) is 0.948. The van der Waals surface area contributed by atoms with Crippen molar-refractivity contribution in [2.45, 2.75) is 13.1 Å². The molecule has 0 amide bonds. The van der Waals surface area contributed by atoms with Crippen molar-refractivity contribution in [2.75, 3.05) is 6.54 Å². The predicted octanol–water partition coefficient (Wildman–Crippen LogP) is 0.661. The summed E-state index contributed by atoms with van der Waals surface area (Å²) in [6.45, 7) is 2.42. The molecule has 0 bridgehead atoms. The standard InChI is InChI=1S/C9H12N4O/c1-2-9(14-7-1)8-10-3-5-13-6-4-11-12-13/h1-2,4,6-7,10H,3,5,8H2. The van der Waals surface area contributed by atoms with Gasteiger partial charge in [0.1, 0.15) is 5.76 Å². The molecule has 0 fully saturated rings. The minimum atomic E-state index is 0.752. The van der Waals surface area contributed by atoms with E-state index in [1.807, 2.05) is 18.3 Å². The van der Waals surface area contributed by atoms with Gasteiger partial charge in [0.2, 0.25) is 0 Å². The molecule has 0 aliphatic rings. The Labute approximate surface area is 81.7 Å². The first-order valence-corrected chi connectivity index (χ1v) is 4.52. The van der Waals surface area contributed by atoms with Crippen molar-refractivity contribution in [1.82, 2.24) is 20.3 Å². The highest BCUT2D eigenvalue weighted by molar-refractivity contribution is 4.97. The number of nitrogens with zero attached hydrogens (tertiary/aromatic N) is 3. The van der Waals surface area contributed by atoms with E-state index in [2.05, 4.69) is 15.6 Å². The molecule has 2 aromatic rings. The summed E-state index contributed by atoms with van der Waals surface area (Å²) in [6, 6.07) is 3.83. The van der Waals surface area contributed by atoms with Crippen LogP contribution in [0.5, 0.6) is 0 Å². The molecular weight excluding hydrogens is 180 g/mol. The number of aromatic nitrogens is 3. The van der Waals surface area contributed by atoms with E-state index in [0.717, 1.165) is 25.4 Å². The molecule has 5 heteroatoms. The maximum atomic E-state index is 5.17. The molecule has 0 aliphatic carbocycles. The molecule has 0 aromatic carbocycles. The van der Waals surface area contributed by atoms with Crippen molar-refractivity contribution in [3.05, 3.63) is 36.5 Å². The van der Waals surface area contributed by atoms with Crippen molar-refractivity contribution in [2.24, 2.45) is 0 Å². The molecule has 0 atom stereocenters. The number of rotatable bonds is 5. The molecule has 0 aliphatic heterocycles. The third kappa shape index (κ3) is 2.43. The van der Waals surface area contributed by atoms with Gasteiger partial charge in [0.15, 0.2) is 0 Å². The van der Waals surface area contributed by atoms with Crippen molar-refractivity contribution in [3.8, 4) is 0 Å². The normalized spacial score (nSPS) is 10.6. The van der Waals surface area contributed by atoms with E-state index in [-0.39, 0.29) is 0 Å². The number of nitrogens with one attached hydrogen (secondary N) is 1. The Morgan fingerprint density at radius 2 is 2.50 bits per heavy atom. The minimum absolute atomic E-state index is 0.752. The number of hydrogen-bond donors (Lipinski definition) is 1. The van der Waals surface area contributed by atoms with E-state index >= 15 is 0 Å². The lowest BCUT2D eigenvalue weighted by atomic mass is 10.4. The predicted molar refractivity (Wildman–Crippen MR) is 50.4 cm³/mol. The molecular formula is C9H12N4O. The fourth-order valence-corrected chi connectivity index (χ4v) is 1.17. The second kappa shape index (κ2) is 4.57. The molecule has 5 nitrogen and oxygen atoms in total. The van der Waals surface area contributed by atoms with Crippen LogP contribution in [-0.2, 0) is 13.1 Å². The molecule has 0 unspecified atom stereocenters. The van der Waals surface area contributed by atoms with Gasteiger partial charge < -0.3 is 9.73 Å². The zero-order valence-electron chi connectivity index (χ0n) is 7.76. The second-order valence-electron chi connectivity index (χ2n) is 2.92. The SMILES string of the molecule is c1coc(CNCCn2ccnn2)c1. The zero-order chi connectivity index (χ0) is 9.64. The monoisotopic (exact) mass is 192 g/mol. The third-order valence-electron chi connectivity index (χ3n) is 1.87. The molecule has 74 valence electrons. The summed E-state index contributed by atoms with van der Waals surface area (Å²) >= 11 is 0. The van der Waals surface area contributed by atoms with Gasteiger partial charge in [0.05, 0.1) is 25.5 Å². The fourth-order valence-electron chi connectivity index (χ4n) is 1.17. The molecule has 0 radical (unpaired) electrons. The highest BCUT2D eigenvalue weighted by Gasteiger charge is 1.94. The number of hydrogen-bond acceptors (Lipinski definition) is 4. The molecule has 0 spiro atoms. The Hall–Kier alpha value is -1.62. The van der Waals surface area contributed by atoms with Gasteiger partial charge in [-0.25, -0.2) is 0 Å². The van der Waals surface area contributed by atoms with Crippen LogP contribution in [0.25, 0.3) is 0 Å². The Morgan fingerprint density at radius 1 is 1.50 bits per heavy atom. The number of furan rings is 1. The van der Waals surface area contributed by atoms with E-state index in [9.17, 15) is 0 Å². The summed E-state index contributed by atoms with van der Waals surface area (Å²) in [5, 5.41) is 10.8. The maximum Gasteiger partial charge on any atom is 0.117 e. The highest BCUT2D eigenvalue weighted by Crippen LogP contribution is 1.97. The summed E-state index contributed by atoms with van der Waals surface area (Å²) in [7, 11) is 0. The van der Waals surface area contributed by atoms with Gasteiger partial charge in [-0.2, -0.15) is 0 Å². The van der Waals surface area contributed by atoms with Crippen molar-refractivity contribution in [1.29, 1.82) is 0 Å². The van der Waals surface area contributed by atoms with Crippen LogP contribution in [0.15, 0.2) is 35.2 Å². The lowest BCUT2D eigenvalue weighted by molar-refractivity contribution is 0.467. The molecule has 1 N–H and O–H groups in total. The maximum absolute atomic E-state index is 5.17. The summed E-state index contributed by atoms with van der Waals surface area (Å²) < 4.78 is 6.96. The Balaban J connectivity index is 1.65. The third-order valence-corrected chi connectivity index (χ3v) is 1.87. The van der Waals surface area contributed by atoms with Crippen LogP contribution >= 0.6 is 0 Å². The van der Waals surface area contributed by atoms with Gasteiger partial charge >= 0.3 is 0 Å². The molecule has 2 aromatic heterocycles. The highest BCUT2D eigenvalue weighted by atomic mass is 16.3. The van der Waals surface area contributed by atoms with Crippen LogP contribution in [0.1, 0.15) is 5.76 Å². The zero-order valence-corrected chi connectivity index (χ0v) is 7.76. The van der Waals surface area contributed by atoms with E-state index < -0.39 is 0 Å². The average Bonchev–Trinajstić information content (AvgIpc) is 2.86. The fraction of sp³-hybridized carbons (Fsp3) is 0.333. The van der Waals surface area contributed by atoms with Crippen molar-refractivity contribution in [3.63, 3.8) is 0 Å². The first kappa shape index (κ1) is 8.96. The average molecular weight is 192 g/mol. The van der Waals surface area contributed by atoms with Crippen molar-refractivity contribution < 1.29 is 4.42 Å². The topological polar surface area (TPSA) is 55.9 Å². The lowest BCUT2D eigenvalue weighted by Gasteiger charge is -2.01. The van der Waals surface area contributed by atoms with E-state index in [1.165, 1.54) is 0 Å². The summed E-state index contributed by atoms with van der Waals surface area (Å²) in [4.78, 5) is 0. The van der Waals surface area contributed by atoms with Crippen LogP contribution < -0.4 is 5.32 Å². The summed E-state index contributed by atoms with van der Waals surface area (Å²) in [5.41, 5.74) is 0. The van der Waals surface area contributed by atoms with E-state index in [0.29, 0.717) is 0 Å². The van der Waals surface area contributed by atoms with Crippen molar-refractivity contribution >= 4 is 0 Å². The van der Waals surface area contributed by atoms with E-state index in [1.54, 1.807) is 17.1 Å². The quantitative estimate of drug-likeness (QED) is 0.707. The smallest absolute Gasteiger partial charge is 0.117 e. The Kier molecular flexibility index (Phi) is 2.92. The molecule has 0 saturated carbocycles. The first-order chi connectivity index (χ1) is 6.95. The Morgan fingerprint density at radius 3 is 3.21 bits per heavy atom. The van der Waals surface area contributed by atoms with Crippen LogP contribution in [0.3, 0.4) is 0 Å². The summed E-state index contributed by atoms with van der Waals surface area (Å²) in [6.07, 6.45) is 5.19. The van der Waals surface area contributed by atoms with Gasteiger partial charge in [-0.1, -0.05) is 5.21 Å². The first-order valence-electron chi connectivity index (χ1n) is 4.52. The van der Waals surface area contributed by atoms with Crippen LogP contribution in [0, 0.1) is 0 Å². The molecule has 0 saturated heterocycles. The van der Waals surface area contributed by atoms with Gasteiger partial charge in [-0.05, 0) is 12.1 Å². The molecule has 14 heavy (non-hydrogen) atoms. The molecule has 2 rings (SSSR count). The minimum Gasteiger partial charge on any atom is -0.468 e. The lowest BCUT2D eigenvalue weighted by Crippen LogP contribution is -2.19. The van der Waals surface area contributed by atoms with E-state index in [4.69, 9.17) is 4.42 Å². The van der Waals surface area contributed by atoms with Gasteiger partial charge in [0, 0.05) is 12.7 Å². The largest absolute Gasteiger partial charge is 0.468 e. The van der Waals surface area contributed by atoms with Gasteiger partial charge in [-0.3, -0.25) is 4.68 Å². The van der Waals surface area contributed by atoms with Gasteiger partial charge in [0.25, 0.3) is 0 Å². The van der Waals surface area contributed by atoms with Crippen LogP contribution in [-0.4, -0.2) is 21.5 Å².